The zero-order valence-electron chi connectivity index (χ0n) is 18.1. The largest absolute Gasteiger partial charge is 0.372 e. The summed E-state index contributed by atoms with van der Waals surface area (Å²) in [6.07, 6.45) is 0.412. The predicted molar refractivity (Wildman–Crippen MR) is 119 cm³/mol. The molecule has 1 N–H and O–H groups in total. The maximum absolute atomic E-state index is 14.3. The first-order chi connectivity index (χ1) is 14.8. The molecule has 6 nitrogen and oxygen atoms in total. The van der Waals surface area contributed by atoms with Crippen LogP contribution in [0.2, 0.25) is 0 Å². The lowest BCUT2D eigenvalue weighted by Gasteiger charge is -2.36. The number of halogens is 1. The van der Waals surface area contributed by atoms with Crippen LogP contribution in [0, 0.1) is 18.7 Å². The number of carbonyl (C=O) groups excluding carboxylic acids is 2. The molecule has 0 aliphatic carbocycles. The van der Waals surface area contributed by atoms with Crippen molar-refractivity contribution >= 4 is 28.9 Å². The SMILES string of the molecule is Cc1ccc(N2CC(C(=O)Nc3ccc(N4CC(C)OC(C)C4)cc3)CC2=O)c(F)c1. The minimum absolute atomic E-state index is 0.0702. The molecule has 2 amide bonds. The van der Waals surface area contributed by atoms with E-state index in [1.807, 2.05) is 24.3 Å². The number of nitrogens with zero attached hydrogens (tertiary/aromatic N) is 2. The molecule has 4 rings (SSSR count). The van der Waals surface area contributed by atoms with Gasteiger partial charge in [-0.1, -0.05) is 6.07 Å². The summed E-state index contributed by atoms with van der Waals surface area (Å²) in [4.78, 5) is 28.8. The summed E-state index contributed by atoms with van der Waals surface area (Å²) >= 11 is 0. The topological polar surface area (TPSA) is 61.9 Å². The van der Waals surface area contributed by atoms with Gasteiger partial charge in [0.25, 0.3) is 0 Å². The standard InChI is InChI=1S/C24H28FN3O3/c1-15-4-9-22(21(25)10-15)28-14-18(11-23(28)29)24(30)26-19-5-7-20(8-6-19)27-12-16(2)31-17(3)13-27/h4-10,16-18H,11-14H2,1-3H3,(H,26,30). The Labute approximate surface area is 182 Å². The molecule has 2 aliphatic rings. The Morgan fingerprint density at radius 1 is 1.06 bits per heavy atom. The van der Waals surface area contributed by atoms with Crippen molar-refractivity contribution in [2.24, 2.45) is 5.92 Å². The van der Waals surface area contributed by atoms with Gasteiger partial charge in [0.1, 0.15) is 5.82 Å². The van der Waals surface area contributed by atoms with E-state index in [2.05, 4.69) is 24.1 Å². The maximum Gasteiger partial charge on any atom is 0.229 e. The summed E-state index contributed by atoms with van der Waals surface area (Å²) in [5.41, 5.74) is 2.77. The molecule has 2 saturated heterocycles. The zero-order valence-corrected chi connectivity index (χ0v) is 18.1. The van der Waals surface area contributed by atoms with E-state index in [4.69, 9.17) is 4.74 Å². The number of hydrogen-bond donors (Lipinski definition) is 1. The van der Waals surface area contributed by atoms with Crippen molar-refractivity contribution in [2.75, 3.05) is 34.8 Å². The molecule has 2 fully saturated rings. The van der Waals surface area contributed by atoms with Gasteiger partial charge in [-0.15, -0.1) is 0 Å². The van der Waals surface area contributed by atoms with Crippen LogP contribution < -0.4 is 15.1 Å². The average molecular weight is 426 g/mol. The molecular weight excluding hydrogens is 397 g/mol. The summed E-state index contributed by atoms with van der Waals surface area (Å²) < 4.78 is 20.1. The van der Waals surface area contributed by atoms with E-state index in [0.717, 1.165) is 24.3 Å². The second-order valence-electron chi connectivity index (χ2n) is 8.56. The van der Waals surface area contributed by atoms with Gasteiger partial charge < -0.3 is 19.9 Å². The molecule has 0 spiro atoms. The third-order valence-corrected chi connectivity index (χ3v) is 5.81. The van der Waals surface area contributed by atoms with Crippen molar-refractivity contribution in [3.8, 4) is 0 Å². The van der Waals surface area contributed by atoms with Gasteiger partial charge in [-0.05, 0) is 62.7 Å². The monoisotopic (exact) mass is 425 g/mol. The van der Waals surface area contributed by atoms with Crippen LogP contribution in [-0.4, -0.2) is 43.7 Å². The van der Waals surface area contributed by atoms with Gasteiger partial charge in [0.2, 0.25) is 11.8 Å². The van der Waals surface area contributed by atoms with Crippen molar-refractivity contribution in [3.63, 3.8) is 0 Å². The van der Waals surface area contributed by atoms with E-state index < -0.39 is 11.7 Å². The van der Waals surface area contributed by atoms with Crippen LogP contribution in [0.15, 0.2) is 42.5 Å². The molecule has 0 bridgehead atoms. The molecule has 3 unspecified atom stereocenters. The van der Waals surface area contributed by atoms with Crippen LogP contribution in [-0.2, 0) is 14.3 Å². The Balaban J connectivity index is 1.39. The van der Waals surface area contributed by atoms with Gasteiger partial charge in [-0.2, -0.15) is 0 Å². The molecule has 2 aromatic carbocycles. The summed E-state index contributed by atoms with van der Waals surface area (Å²) in [7, 11) is 0. The smallest absolute Gasteiger partial charge is 0.229 e. The van der Waals surface area contributed by atoms with Gasteiger partial charge in [-0.25, -0.2) is 4.39 Å². The van der Waals surface area contributed by atoms with Crippen molar-refractivity contribution in [2.45, 2.75) is 39.4 Å². The van der Waals surface area contributed by atoms with E-state index in [0.29, 0.717) is 5.69 Å². The van der Waals surface area contributed by atoms with Gasteiger partial charge in [0.05, 0.1) is 23.8 Å². The fourth-order valence-electron chi connectivity index (χ4n) is 4.34. The van der Waals surface area contributed by atoms with E-state index in [-0.39, 0.29) is 42.7 Å². The third kappa shape index (κ3) is 4.71. The number of rotatable bonds is 4. The highest BCUT2D eigenvalue weighted by atomic mass is 19.1. The highest BCUT2D eigenvalue weighted by molar-refractivity contribution is 6.03. The highest BCUT2D eigenvalue weighted by Gasteiger charge is 2.36. The Bertz CT molecular complexity index is 969. The van der Waals surface area contributed by atoms with Crippen molar-refractivity contribution in [1.82, 2.24) is 0 Å². The first-order valence-electron chi connectivity index (χ1n) is 10.7. The fraction of sp³-hybridized carbons (Fsp3) is 0.417. The molecule has 2 aliphatic heterocycles. The normalized spacial score (nSPS) is 23.9. The van der Waals surface area contributed by atoms with Gasteiger partial charge in [0, 0.05) is 37.4 Å². The summed E-state index contributed by atoms with van der Waals surface area (Å²) in [5.74, 6) is -1.44. The molecule has 7 heteroatoms. The maximum atomic E-state index is 14.3. The number of benzene rings is 2. The van der Waals surface area contributed by atoms with Crippen molar-refractivity contribution in [3.05, 3.63) is 53.8 Å². The van der Waals surface area contributed by atoms with E-state index in [9.17, 15) is 14.0 Å². The number of morpholine rings is 1. The number of nitrogens with one attached hydrogen (secondary N) is 1. The van der Waals surface area contributed by atoms with Crippen LogP contribution in [0.1, 0.15) is 25.8 Å². The molecule has 0 aromatic heterocycles. The van der Waals surface area contributed by atoms with Crippen LogP contribution in [0.3, 0.4) is 0 Å². The van der Waals surface area contributed by atoms with Crippen LogP contribution >= 0.6 is 0 Å². The van der Waals surface area contributed by atoms with E-state index in [1.165, 1.54) is 11.0 Å². The fourth-order valence-corrected chi connectivity index (χ4v) is 4.34. The van der Waals surface area contributed by atoms with Crippen LogP contribution in [0.4, 0.5) is 21.5 Å². The summed E-state index contributed by atoms with van der Waals surface area (Å²) in [6, 6.07) is 12.4. The molecular formula is C24H28FN3O3. The molecule has 0 radical (unpaired) electrons. The van der Waals surface area contributed by atoms with Gasteiger partial charge >= 0.3 is 0 Å². The van der Waals surface area contributed by atoms with Crippen molar-refractivity contribution < 1.29 is 18.7 Å². The Morgan fingerprint density at radius 3 is 2.39 bits per heavy atom. The van der Waals surface area contributed by atoms with Crippen LogP contribution in [0.5, 0.6) is 0 Å². The number of carbonyl (C=O) groups is 2. The second-order valence-corrected chi connectivity index (χ2v) is 8.56. The van der Waals surface area contributed by atoms with Crippen LogP contribution in [0.25, 0.3) is 0 Å². The average Bonchev–Trinajstić information content (AvgIpc) is 3.09. The molecule has 164 valence electrons. The first-order valence-corrected chi connectivity index (χ1v) is 10.7. The number of hydrogen-bond acceptors (Lipinski definition) is 4. The summed E-state index contributed by atoms with van der Waals surface area (Å²) in [5, 5.41) is 2.89. The quantitative estimate of drug-likeness (QED) is 0.811. The lowest BCUT2D eigenvalue weighted by molar-refractivity contribution is -0.122. The number of aryl methyl sites for hydroxylation is 1. The molecule has 0 saturated carbocycles. The predicted octanol–water partition coefficient (Wildman–Crippen LogP) is 3.74. The Hall–Kier alpha value is -2.93. The minimum Gasteiger partial charge on any atom is -0.372 e. The highest BCUT2D eigenvalue weighted by Crippen LogP contribution is 2.29. The Morgan fingerprint density at radius 2 is 1.74 bits per heavy atom. The molecule has 31 heavy (non-hydrogen) atoms. The third-order valence-electron chi connectivity index (χ3n) is 5.81. The molecule has 2 aromatic rings. The number of amides is 2. The first kappa shape index (κ1) is 21.3. The van der Waals surface area contributed by atoms with Gasteiger partial charge in [0.15, 0.2) is 0 Å². The number of anilines is 3. The minimum atomic E-state index is -0.520. The Kier molecular flexibility index (Phi) is 5.96. The van der Waals surface area contributed by atoms with Crippen molar-refractivity contribution in [1.29, 1.82) is 0 Å². The van der Waals surface area contributed by atoms with E-state index in [1.54, 1.807) is 19.1 Å². The zero-order chi connectivity index (χ0) is 22.1. The van der Waals surface area contributed by atoms with Gasteiger partial charge in [-0.3, -0.25) is 9.59 Å². The summed E-state index contributed by atoms with van der Waals surface area (Å²) in [6.45, 7) is 7.74. The lowest BCUT2D eigenvalue weighted by Crippen LogP contribution is -2.45. The molecule has 3 atom stereocenters. The number of ether oxygens (including phenoxy) is 1. The molecule has 2 heterocycles. The second kappa shape index (κ2) is 8.67. The van der Waals surface area contributed by atoms with E-state index >= 15 is 0 Å². The lowest BCUT2D eigenvalue weighted by atomic mass is 10.1.